The summed E-state index contributed by atoms with van der Waals surface area (Å²) in [5.41, 5.74) is 19.2. The minimum absolute atomic E-state index is 0.513. The Morgan fingerprint density at radius 2 is 0.810 bits per heavy atom. The van der Waals surface area contributed by atoms with Crippen LogP contribution in [-0.4, -0.2) is 0 Å². The molecule has 0 aliphatic heterocycles. The second-order valence-corrected chi connectivity index (χ2v) is 16.4. The van der Waals surface area contributed by atoms with Crippen molar-refractivity contribution in [2.45, 2.75) is 5.41 Å². The molecule has 0 saturated carbocycles. The number of hydrogen-bond acceptors (Lipinski definition) is 2. The van der Waals surface area contributed by atoms with Crippen molar-refractivity contribution < 1.29 is 4.42 Å². The SMILES string of the molecule is c1ccc(-c2ccccc2-c2ccc(N(c3ccc(-c4ccc5oc6ccccc6c5c4)cc3)c3cccc4c3-c3ccccc3C4(c3ccccc3)c3ccccc3)cc2)cc1. The molecule has 10 aromatic carbocycles. The fourth-order valence-electron chi connectivity index (χ4n) is 10.2. The molecule has 12 rings (SSSR count). The molecule has 1 aliphatic carbocycles. The van der Waals surface area contributed by atoms with Crippen molar-refractivity contribution in [1.29, 1.82) is 0 Å². The predicted molar refractivity (Wildman–Crippen MR) is 262 cm³/mol. The van der Waals surface area contributed by atoms with E-state index < -0.39 is 5.41 Å². The summed E-state index contributed by atoms with van der Waals surface area (Å²) in [4.78, 5) is 2.45. The molecule has 0 saturated heterocycles. The third-order valence-electron chi connectivity index (χ3n) is 13.0. The molecule has 1 aliphatic rings. The minimum atomic E-state index is -0.513. The van der Waals surface area contributed by atoms with Gasteiger partial charge in [0.1, 0.15) is 11.2 Å². The highest BCUT2D eigenvalue weighted by molar-refractivity contribution is 6.06. The first kappa shape index (κ1) is 36.6. The number of fused-ring (bicyclic) bond motifs is 6. The van der Waals surface area contributed by atoms with Gasteiger partial charge in [-0.15, -0.1) is 0 Å². The Bertz CT molecular complexity index is 3380. The van der Waals surface area contributed by atoms with Crippen molar-refractivity contribution in [1.82, 2.24) is 0 Å². The lowest BCUT2D eigenvalue weighted by Crippen LogP contribution is -2.28. The molecule has 0 amide bonds. The first-order valence-electron chi connectivity index (χ1n) is 21.7. The van der Waals surface area contributed by atoms with Gasteiger partial charge in [-0.25, -0.2) is 0 Å². The van der Waals surface area contributed by atoms with Gasteiger partial charge < -0.3 is 9.32 Å². The molecule has 0 N–H and O–H groups in total. The highest BCUT2D eigenvalue weighted by Gasteiger charge is 2.47. The number of nitrogens with zero attached hydrogens (tertiary/aromatic N) is 1. The van der Waals surface area contributed by atoms with Crippen molar-refractivity contribution >= 4 is 39.0 Å². The third kappa shape index (κ3) is 5.95. The zero-order valence-electron chi connectivity index (χ0n) is 34.5. The number of furan rings is 1. The van der Waals surface area contributed by atoms with E-state index in [1.54, 1.807) is 0 Å². The topological polar surface area (TPSA) is 16.4 Å². The molecule has 0 unspecified atom stereocenters. The average Bonchev–Trinajstić information content (AvgIpc) is 3.89. The number of benzene rings is 10. The smallest absolute Gasteiger partial charge is 0.135 e. The van der Waals surface area contributed by atoms with Crippen LogP contribution in [0.1, 0.15) is 22.3 Å². The van der Waals surface area contributed by atoms with Crippen molar-refractivity contribution in [3.63, 3.8) is 0 Å². The van der Waals surface area contributed by atoms with Gasteiger partial charge in [0, 0.05) is 27.7 Å². The molecule has 2 heteroatoms. The zero-order valence-corrected chi connectivity index (χ0v) is 34.5. The van der Waals surface area contributed by atoms with E-state index in [2.05, 4.69) is 241 Å². The van der Waals surface area contributed by atoms with Crippen LogP contribution in [0.15, 0.2) is 253 Å². The lowest BCUT2D eigenvalue weighted by Gasteiger charge is -2.34. The summed E-state index contributed by atoms with van der Waals surface area (Å²) in [6.45, 7) is 0. The standard InChI is InChI=1S/C61H41NO/c1-4-17-43(18-5-1)50-23-10-11-24-51(50)44-33-38-49(39-34-44)62(48-36-31-42(32-37-48)45-35-40-59-54(41-45)52-25-13-15-30-58(52)63-59)57-29-16-28-56-60(57)53-26-12-14-27-55(53)61(56,46-19-6-2-7-20-46)47-21-8-3-9-22-47/h1-41H. The van der Waals surface area contributed by atoms with E-state index in [1.165, 1.54) is 55.6 Å². The lowest BCUT2D eigenvalue weighted by atomic mass is 9.68. The van der Waals surface area contributed by atoms with E-state index in [0.29, 0.717) is 0 Å². The van der Waals surface area contributed by atoms with Crippen molar-refractivity contribution in [2.24, 2.45) is 0 Å². The summed E-state index contributed by atoms with van der Waals surface area (Å²) in [6.07, 6.45) is 0. The van der Waals surface area contributed by atoms with Crippen LogP contribution in [-0.2, 0) is 5.41 Å². The molecule has 0 bridgehead atoms. The largest absolute Gasteiger partial charge is 0.456 e. The third-order valence-corrected chi connectivity index (χ3v) is 13.0. The Morgan fingerprint density at radius 3 is 1.48 bits per heavy atom. The number of hydrogen-bond donors (Lipinski definition) is 0. The van der Waals surface area contributed by atoms with Crippen molar-refractivity contribution in [2.75, 3.05) is 4.90 Å². The molecule has 1 aromatic heterocycles. The Kier molecular flexibility index (Phi) is 8.76. The monoisotopic (exact) mass is 803 g/mol. The molecule has 63 heavy (non-hydrogen) atoms. The van der Waals surface area contributed by atoms with Crippen LogP contribution in [0, 0.1) is 0 Å². The van der Waals surface area contributed by atoms with E-state index >= 15 is 0 Å². The predicted octanol–water partition coefficient (Wildman–Crippen LogP) is 16.4. The zero-order chi connectivity index (χ0) is 41.7. The van der Waals surface area contributed by atoms with Gasteiger partial charge in [-0.1, -0.05) is 200 Å². The summed E-state index contributed by atoms with van der Waals surface area (Å²) < 4.78 is 6.18. The summed E-state index contributed by atoms with van der Waals surface area (Å²) in [7, 11) is 0. The van der Waals surface area contributed by atoms with Crippen LogP contribution < -0.4 is 4.90 Å². The Morgan fingerprint density at radius 1 is 0.317 bits per heavy atom. The molecule has 11 aromatic rings. The molecule has 0 radical (unpaired) electrons. The summed E-state index contributed by atoms with van der Waals surface area (Å²) >= 11 is 0. The van der Waals surface area contributed by atoms with Gasteiger partial charge in [-0.2, -0.15) is 0 Å². The first-order chi connectivity index (χ1) is 31.3. The van der Waals surface area contributed by atoms with Gasteiger partial charge in [-0.3, -0.25) is 0 Å². The number of anilines is 3. The number of para-hydroxylation sites is 1. The second-order valence-electron chi connectivity index (χ2n) is 16.4. The highest BCUT2D eigenvalue weighted by atomic mass is 16.3. The van der Waals surface area contributed by atoms with Crippen LogP contribution in [0.3, 0.4) is 0 Å². The maximum Gasteiger partial charge on any atom is 0.135 e. The molecule has 296 valence electrons. The van der Waals surface area contributed by atoms with Gasteiger partial charge in [0.2, 0.25) is 0 Å². The lowest BCUT2D eigenvalue weighted by molar-refractivity contribution is 0.669. The van der Waals surface area contributed by atoms with E-state index in [9.17, 15) is 0 Å². The highest BCUT2D eigenvalue weighted by Crippen LogP contribution is 2.59. The Hall–Kier alpha value is -8.20. The average molecular weight is 804 g/mol. The molecule has 0 atom stereocenters. The second kappa shape index (κ2) is 15.1. The van der Waals surface area contributed by atoms with Gasteiger partial charge in [-0.05, 0) is 110 Å². The van der Waals surface area contributed by atoms with Crippen LogP contribution >= 0.6 is 0 Å². The van der Waals surface area contributed by atoms with E-state index in [-0.39, 0.29) is 0 Å². The maximum absolute atomic E-state index is 6.18. The summed E-state index contributed by atoms with van der Waals surface area (Å²) in [5, 5.41) is 2.26. The van der Waals surface area contributed by atoms with Gasteiger partial charge in [0.05, 0.1) is 11.1 Å². The Labute approximate surface area is 367 Å². The molecule has 0 fully saturated rings. The van der Waals surface area contributed by atoms with Gasteiger partial charge in [0.25, 0.3) is 0 Å². The van der Waals surface area contributed by atoms with Crippen molar-refractivity contribution in [3.8, 4) is 44.5 Å². The first-order valence-corrected chi connectivity index (χ1v) is 21.7. The normalized spacial score (nSPS) is 12.6. The molecular formula is C61H41NO. The molecule has 0 spiro atoms. The number of rotatable bonds is 8. The fraction of sp³-hybridized carbons (Fsp3) is 0.0164. The van der Waals surface area contributed by atoms with E-state index in [0.717, 1.165) is 50.1 Å². The van der Waals surface area contributed by atoms with Crippen LogP contribution in [0.25, 0.3) is 66.4 Å². The van der Waals surface area contributed by atoms with E-state index in [4.69, 9.17) is 4.42 Å². The van der Waals surface area contributed by atoms with Crippen molar-refractivity contribution in [3.05, 3.63) is 271 Å². The van der Waals surface area contributed by atoms with Gasteiger partial charge >= 0.3 is 0 Å². The molecular weight excluding hydrogens is 763 g/mol. The van der Waals surface area contributed by atoms with E-state index in [1.807, 2.05) is 12.1 Å². The van der Waals surface area contributed by atoms with Crippen LogP contribution in [0.2, 0.25) is 0 Å². The van der Waals surface area contributed by atoms with Crippen LogP contribution in [0.4, 0.5) is 17.1 Å². The quantitative estimate of drug-likeness (QED) is 0.152. The fourth-order valence-corrected chi connectivity index (χ4v) is 10.2. The van der Waals surface area contributed by atoms with Gasteiger partial charge in [0.15, 0.2) is 0 Å². The Balaban J connectivity index is 1.05. The minimum Gasteiger partial charge on any atom is -0.456 e. The van der Waals surface area contributed by atoms with Crippen LogP contribution in [0.5, 0.6) is 0 Å². The summed E-state index contributed by atoms with van der Waals surface area (Å²) in [6, 6.07) is 90.3. The summed E-state index contributed by atoms with van der Waals surface area (Å²) in [5.74, 6) is 0. The molecule has 2 nitrogen and oxygen atoms in total. The maximum atomic E-state index is 6.18. The molecule has 1 heterocycles.